The van der Waals surface area contributed by atoms with Gasteiger partial charge in [-0.25, -0.2) is 0 Å². The van der Waals surface area contributed by atoms with Gasteiger partial charge in [0.1, 0.15) is 0 Å². The summed E-state index contributed by atoms with van der Waals surface area (Å²) in [6, 6.07) is 0. The lowest BCUT2D eigenvalue weighted by Crippen LogP contribution is -2.37. The lowest BCUT2D eigenvalue weighted by Gasteiger charge is -2.36. The quantitative estimate of drug-likeness (QED) is 0.612. The Hall–Kier alpha value is -0.300. The van der Waals surface area contributed by atoms with Crippen molar-refractivity contribution in [3.8, 4) is 0 Å². The Morgan fingerprint density at radius 3 is 2.71 bits per heavy atom. The fourth-order valence-electron chi connectivity index (χ4n) is 3.34. The van der Waals surface area contributed by atoms with E-state index in [1.54, 1.807) is 0 Å². The van der Waals surface area contributed by atoms with Crippen molar-refractivity contribution in [1.29, 1.82) is 0 Å². The Kier molecular flexibility index (Phi) is 2.70. The third-order valence-electron chi connectivity index (χ3n) is 4.46. The van der Waals surface area contributed by atoms with E-state index >= 15 is 0 Å². The van der Waals surface area contributed by atoms with Crippen LogP contribution in [0.3, 0.4) is 0 Å². The molecule has 1 fully saturated rings. The van der Waals surface area contributed by atoms with Crippen molar-refractivity contribution in [2.75, 3.05) is 6.61 Å². The van der Waals surface area contributed by atoms with Crippen LogP contribution in [0.2, 0.25) is 0 Å². The maximum Gasteiger partial charge on any atom is 0.0712 e. The molecule has 1 nitrogen and oxygen atoms in total. The first kappa shape index (κ1) is 10.2. The SMILES string of the molecule is CCC1(CC)OCC2C(C)C=CCC21. The van der Waals surface area contributed by atoms with E-state index in [0.717, 1.165) is 18.4 Å². The maximum atomic E-state index is 6.12. The van der Waals surface area contributed by atoms with Gasteiger partial charge in [-0.05, 0) is 37.0 Å². The van der Waals surface area contributed by atoms with E-state index in [2.05, 4.69) is 32.9 Å². The van der Waals surface area contributed by atoms with Gasteiger partial charge in [-0.2, -0.15) is 0 Å². The van der Waals surface area contributed by atoms with Crippen molar-refractivity contribution < 1.29 is 4.74 Å². The van der Waals surface area contributed by atoms with Crippen LogP contribution in [-0.4, -0.2) is 12.2 Å². The molecule has 0 aromatic heterocycles. The van der Waals surface area contributed by atoms with Gasteiger partial charge < -0.3 is 4.74 Å². The largest absolute Gasteiger partial charge is 0.374 e. The number of allylic oxidation sites excluding steroid dienone is 2. The summed E-state index contributed by atoms with van der Waals surface area (Å²) in [5.41, 5.74) is 0.198. The highest BCUT2D eigenvalue weighted by Gasteiger charge is 2.48. The summed E-state index contributed by atoms with van der Waals surface area (Å²) in [7, 11) is 0. The zero-order valence-electron chi connectivity index (χ0n) is 9.62. The summed E-state index contributed by atoms with van der Waals surface area (Å²) < 4.78 is 6.12. The van der Waals surface area contributed by atoms with Crippen molar-refractivity contribution in [2.24, 2.45) is 17.8 Å². The molecule has 1 heteroatoms. The lowest BCUT2D eigenvalue weighted by molar-refractivity contribution is -0.0275. The first-order valence-corrected chi connectivity index (χ1v) is 6.04. The van der Waals surface area contributed by atoms with Crippen LogP contribution in [0.25, 0.3) is 0 Å². The molecular formula is C13H22O. The molecule has 0 amide bonds. The molecule has 0 saturated carbocycles. The van der Waals surface area contributed by atoms with Crippen LogP contribution < -0.4 is 0 Å². The molecule has 14 heavy (non-hydrogen) atoms. The topological polar surface area (TPSA) is 9.23 Å². The lowest BCUT2D eigenvalue weighted by atomic mass is 9.69. The first-order chi connectivity index (χ1) is 6.73. The van der Waals surface area contributed by atoms with Crippen molar-refractivity contribution in [2.45, 2.75) is 45.6 Å². The monoisotopic (exact) mass is 194 g/mol. The number of rotatable bonds is 2. The van der Waals surface area contributed by atoms with Gasteiger partial charge in [-0.3, -0.25) is 0 Å². The van der Waals surface area contributed by atoms with E-state index in [-0.39, 0.29) is 5.60 Å². The van der Waals surface area contributed by atoms with Crippen LogP contribution in [-0.2, 0) is 4.74 Å². The molecule has 3 unspecified atom stereocenters. The van der Waals surface area contributed by atoms with Crippen LogP contribution in [0.1, 0.15) is 40.0 Å². The molecule has 0 aromatic rings. The Labute approximate surface area is 87.5 Å². The Morgan fingerprint density at radius 2 is 2.07 bits per heavy atom. The highest BCUT2D eigenvalue weighted by Crippen LogP contribution is 2.48. The molecule has 1 aliphatic heterocycles. The molecular weight excluding hydrogens is 172 g/mol. The first-order valence-electron chi connectivity index (χ1n) is 6.04. The van der Waals surface area contributed by atoms with Crippen molar-refractivity contribution in [3.63, 3.8) is 0 Å². The van der Waals surface area contributed by atoms with Gasteiger partial charge in [0.25, 0.3) is 0 Å². The molecule has 1 saturated heterocycles. The van der Waals surface area contributed by atoms with Gasteiger partial charge in [0.05, 0.1) is 12.2 Å². The molecule has 2 rings (SSSR count). The minimum Gasteiger partial charge on any atom is -0.374 e. The predicted octanol–water partition coefficient (Wildman–Crippen LogP) is 3.40. The molecule has 2 aliphatic rings. The molecule has 0 spiro atoms. The maximum absolute atomic E-state index is 6.12. The Bertz CT molecular complexity index is 227. The molecule has 0 aromatic carbocycles. The summed E-state index contributed by atoms with van der Waals surface area (Å²) in [4.78, 5) is 0. The van der Waals surface area contributed by atoms with Crippen molar-refractivity contribution in [1.82, 2.24) is 0 Å². The third kappa shape index (κ3) is 1.33. The second kappa shape index (κ2) is 3.69. The summed E-state index contributed by atoms with van der Waals surface area (Å²) in [6.45, 7) is 7.86. The summed E-state index contributed by atoms with van der Waals surface area (Å²) in [6.07, 6.45) is 8.31. The smallest absolute Gasteiger partial charge is 0.0712 e. The van der Waals surface area contributed by atoms with E-state index < -0.39 is 0 Å². The highest BCUT2D eigenvalue weighted by molar-refractivity contribution is 5.07. The standard InChI is InChI=1S/C13H22O/c1-4-13(5-2)12-8-6-7-10(3)11(12)9-14-13/h6-7,10-12H,4-5,8-9H2,1-3H3. The zero-order valence-corrected chi connectivity index (χ0v) is 9.62. The van der Waals surface area contributed by atoms with E-state index in [0.29, 0.717) is 5.92 Å². The van der Waals surface area contributed by atoms with Gasteiger partial charge >= 0.3 is 0 Å². The molecule has 0 radical (unpaired) electrons. The molecule has 0 bridgehead atoms. The van der Waals surface area contributed by atoms with Gasteiger partial charge in [-0.15, -0.1) is 0 Å². The molecule has 0 N–H and O–H groups in total. The van der Waals surface area contributed by atoms with E-state index in [1.165, 1.54) is 19.3 Å². The molecule has 1 heterocycles. The van der Waals surface area contributed by atoms with Crippen molar-refractivity contribution in [3.05, 3.63) is 12.2 Å². The number of fused-ring (bicyclic) bond motifs is 1. The van der Waals surface area contributed by atoms with Crippen LogP contribution in [0.5, 0.6) is 0 Å². The number of ether oxygens (including phenoxy) is 1. The number of hydrogen-bond acceptors (Lipinski definition) is 1. The fourth-order valence-corrected chi connectivity index (χ4v) is 3.34. The molecule has 1 aliphatic carbocycles. The Morgan fingerprint density at radius 1 is 1.36 bits per heavy atom. The average Bonchev–Trinajstić information content (AvgIpc) is 2.59. The second-order valence-corrected chi connectivity index (χ2v) is 4.88. The zero-order chi connectivity index (χ0) is 10.2. The minimum absolute atomic E-state index is 0.198. The van der Waals surface area contributed by atoms with Gasteiger partial charge in [0, 0.05) is 0 Å². The average molecular weight is 194 g/mol. The third-order valence-corrected chi connectivity index (χ3v) is 4.46. The van der Waals surface area contributed by atoms with Crippen LogP contribution in [0.15, 0.2) is 12.2 Å². The summed E-state index contributed by atoms with van der Waals surface area (Å²) in [5, 5.41) is 0. The highest BCUT2D eigenvalue weighted by atomic mass is 16.5. The van der Waals surface area contributed by atoms with Crippen LogP contribution in [0, 0.1) is 17.8 Å². The summed E-state index contributed by atoms with van der Waals surface area (Å²) >= 11 is 0. The predicted molar refractivity (Wildman–Crippen MR) is 59.2 cm³/mol. The van der Waals surface area contributed by atoms with E-state index in [1.807, 2.05) is 0 Å². The second-order valence-electron chi connectivity index (χ2n) is 4.88. The van der Waals surface area contributed by atoms with Gasteiger partial charge in [0.2, 0.25) is 0 Å². The van der Waals surface area contributed by atoms with Crippen molar-refractivity contribution >= 4 is 0 Å². The fraction of sp³-hybridized carbons (Fsp3) is 0.846. The number of hydrogen-bond donors (Lipinski definition) is 0. The van der Waals surface area contributed by atoms with Crippen LogP contribution >= 0.6 is 0 Å². The Balaban J connectivity index is 2.22. The van der Waals surface area contributed by atoms with Gasteiger partial charge in [-0.1, -0.05) is 32.9 Å². The molecule has 3 atom stereocenters. The summed E-state index contributed by atoms with van der Waals surface area (Å²) in [5.74, 6) is 2.27. The van der Waals surface area contributed by atoms with E-state index in [9.17, 15) is 0 Å². The van der Waals surface area contributed by atoms with Crippen LogP contribution in [0.4, 0.5) is 0 Å². The molecule has 80 valence electrons. The van der Waals surface area contributed by atoms with E-state index in [4.69, 9.17) is 4.74 Å². The minimum atomic E-state index is 0.198. The normalized spacial score (nSPS) is 39.8. The van der Waals surface area contributed by atoms with Gasteiger partial charge in [0.15, 0.2) is 0 Å².